The number of nitrogens with zero attached hydrogens (tertiary/aromatic N) is 2. The third kappa shape index (κ3) is 5.81. The largest absolute Gasteiger partial charge is 0.325 e. The van der Waals surface area contributed by atoms with Crippen LogP contribution in [0.4, 0.5) is 11.4 Å². The summed E-state index contributed by atoms with van der Waals surface area (Å²) in [6, 6.07) is 16.3. The van der Waals surface area contributed by atoms with E-state index >= 15 is 0 Å². The lowest BCUT2D eigenvalue weighted by molar-refractivity contribution is -0.114. The molecule has 1 heterocycles. The topological polar surface area (TPSA) is 79.4 Å². The first-order valence-corrected chi connectivity index (χ1v) is 11.5. The number of rotatable bonds is 7. The second-order valence-electron chi connectivity index (χ2n) is 6.98. The molecule has 0 unspecified atom stereocenters. The maximum Gasteiger partial charge on any atom is 0.245 e. The normalized spacial score (nSPS) is 11.2. The van der Waals surface area contributed by atoms with Crippen molar-refractivity contribution in [2.45, 2.75) is 13.3 Å². The Morgan fingerprint density at radius 1 is 1.03 bits per heavy atom. The predicted octanol–water partition coefficient (Wildman–Crippen LogP) is 4.04. The van der Waals surface area contributed by atoms with E-state index in [4.69, 9.17) is 11.6 Å². The monoisotopic (exact) mass is 443 g/mol. The summed E-state index contributed by atoms with van der Waals surface area (Å²) in [6.07, 6.45) is 5.32. The van der Waals surface area contributed by atoms with E-state index in [0.717, 1.165) is 28.1 Å². The summed E-state index contributed by atoms with van der Waals surface area (Å²) in [5.74, 6) is -0.443. The van der Waals surface area contributed by atoms with Crippen LogP contribution in [0.1, 0.15) is 16.7 Å². The van der Waals surface area contributed by atoms with Gasteiger partial charge in [0.1, 0.15) is 6.54 Å². The van der Waals surface area contributed by atoms with Crippen LogP contribution in [0.3, 0.4) is 0 Å². The number of carbonyl (C=O) groups excluding carboxylic acids is 1. The number of sulfonamides is 1. The summed E-state index contributed by atoms with van der Waals surface area (Å²) < 4.78 is 25.7. The van der Waals surface area contributed by atoms with Crippen LogP contribution < -0.4 is 9.62 Å². The summed E-state index contributed by atoms with van der Waals surface area (Å²) in [7, 11) is -3.68. The Labute approximate surface area is 181 Å². The first-order chi connectivity index (χ1) is 14.2. The van der Waals surface area contributed by atoms with Gasteiger partial charge in [0.2, 0.25) is 15.9 Å². The number of anilines is 2. The van der Waals surface area contributed by atoms with Gasteiger partial charge in [-0.2, -0.15) is 0 Å². The van der Waals surface area contributed by atoms with Gasteiger partial charge in [-0.05, 0) is 66.4 Å². The molecule has 0 bridgehead atoms. The van der Waals surface area contributed by atoms with Crippen molar-refractivity contribution in [3.8, 4) is 0 Å². The van der Waals surface area contributed by atoms with E-state index in [1.54, 1.807) is 49.6 Å². The molecule has 0 spiro atoms. The van der Waals surface area contributed by atoms with E-state index in [0.29, 0.717) is 22.0 Å². The van der Waals surface area contributed by atoms with Crippen LogP contribution in [-0.2, 0) is 21.2 Å². The van der Waals surface area contributed by atoms with Gasteiger partial charge < -0.3 is 5.32 Å². The Balaban J connectivity index is 1.70. The summed E-state index contributed by atoms with van der Waals surface area (Å²) in [5, 5.41) is 3.15. The molecule has 156 valence electrons. The lowest BCUT2D eigenvalue weighted by atomic mass is 10.1. The van der Waals surface area contributed by atoms with Gasteiger partial charge in [-0.3, -0.25) is 14.1 Å². The maximum atomic E-state index is 12.6. The number of aromatic nitrogens is 1. The first kappa shape index (κ1) is 21.8. The minimum absolute atomic E-state index is 0.348. The molecular weight excluding hydrogens is 422 g/mol. The molecule has 0 saturated carbocycles. The fraction of sp³-hybridized carbons (Fsp3) is 0.182. The van der Waals surface area contributed by atoms with Crippen molar-refractivity contribution in [2.24, 2.45) is 0 Å². The Morgan fingerprint density at radius 2 is 1.67 bits per heavy atom. The van der Waals surface area contributed by atoms with Crippen molar-refractivity contribution >= 4 is 38.9 Å². The molecule has 0 aliphatic carbocycles. The van der Waals surface area contributed by atoms with Gasteiger partial charge in [-0.1, -0.05) is 29.8 Å². The summed E-state index contributed by atoms with van der Waals surface area (Å²) in [4.78, 5) is 16.6. The fourth-order valence-electron chi connectivity index (χ4n) is 3.01. The molecule has 0 fully saturated rings. The number of benzene rings is 2. The van der Waals surface area contributed by atoms with Crippen LogP contribution in [0, 0.1) is 6.92 Å². The molecule has 1 N–H and O–H groups in total. The van der Waals surface area contributed by atoms with Crippen molar-refractivity contribution in [3.05, 3.63) is 88.7 Å². The number of hydrogen-bond acceptors (Lipinski definition) is 4. The Hall–Kier alpha value is -2.90. The van der Waals surface area contributed by atoms with Crippen molar-refractivity contribution in [3.63, 3.8) is 0 Å². The van der Waals surface area contributed by atoms with Gasteiger partial charge in [0.15, 0.2) is 0 Å². The molecule has 30 heavy (non-hydrogen) atoms. The third-order valence-electron chi connectivity index (χ3n) is 4.52. The first-order valence-electron chi connectivity index (χ1n) is 9.24. The molecule has 6 nitrogen and oxygen atoms in total. The van der Waals surface area contributed by atoms with Gasteiger partial charge in [0.25, 0.3) is 0 Å². The molecule has 0 radical (unpaired) electrons. The average Bonchev–Trinajstić information content (AvgIpc) is 2.70. The quantitative estimate of drug-likeness (QED) is 0.597. The molecule has 2 aromatic carbocycles. The summed E-state index contributed by atoms with van der Waals surface area (Å²) in [6.45, 7) is 1.42. The Kier molecular flexibility index (Phi) is 6.74. The summed E-state index contributed by atoms with van der Waals surface area (Å²) >= 11 is 6.02. The number of pyridine rings is 1. The van der Waals surface area contributed by atoms with Crippen molar-refractivity contribution in [1.82, 2.24) is 4.98 Å². The van der Waals surface area contributed by atoms with Crippen molar-refractivity contribution in [1.29, 1.82) is 0 Å². The van der Waals surface area contributed by atoms with E-state index in [2.05, 4.69) is 10.3 Å². The van der Waals surface area contributed by atoms with Crippen LogP contribution in [0.15, 0.2) is 67.0 Å². The van der Waals surface area contributed by atoms with Crippen LogP contribution in [0.25, 0.3) is 0 Å². The minimum atomic E-state index is -3.68. The number of carbonyl (C=O) groups is 1. The molecule has 3 aromatic rings. The molecule has 1 aromatic heterocycles. The van der Waals surface area contributed by atoms with Crippen molar-refractivity contribution in [2.75, 3.05) is 22.4 Å². The second-order valence-corrected chi connectivity index (χ2v) is 9.32. The van der Waals surface area contributed by atoms with Crippen molar-refractivity contribution < 1.29 is 13.2 Å². The molecule has 0 saturated heterocycles. The third-order valence-corrected chi connectivity index (χ3v) is 5.88. The van der Waals surface area contributed by atoms with Gasteiger partial charge in [0.05, 0.1) is 11.9 Å². The summed E-state index contributed by atoms with van der Waals surface area (Å²) in [5.41, 5.74) is 3.91. The molecular formula is C22H22ClN3O3S. The van der Waals surface area contributed by atoms with E-state index in [-0.39, 0.29) is 6.54 Å². The Morgan fingerprint density at radius 3 is 2.30 bits per heavy atom. The number of amides is 1. The van der Waals surface area contributed by atoms with Gasteiger partial charge in [0, 0.05) is 23.1 Å². The SMILES string of the molecule is Cc1ccc(Cl)cc1N(CC(=O)Nc1ccc(Cc2ccncc2)cc1)S(C)(=O)=O. The van der Waals surface area contributed by atoms with Crippen LogP contribution in [0.5, 0.6) is 0 Å². The Bertz CT molecular complexity index is 1130. The minimum Gasteiger partial charge on any atom is -0.325 e. The van der Waals surface area contributed by atoms with Crippen LogP contribution in [0.2, 0.25) is 5.02 Å². The number of hydrogen-bond donors (Lipinski definition) is 1. The second kappa shape index (κ2) is 9.28. The smallest absolute Gasteiger partial charge is 0.245 e. The van der Waals surface area contributed by atoms with E-state index in [9.17, 15) is 13.2 Å². The zero-order valence-electron chi connectivity index (χ0n) is 16.7. The highest BCUT2D eigenvalue weighted by Crippen LogP contribution is 2.26. The zero-order valence-corrected chi connectivity index (χ0v) is 18.2. The maximum absolute atomic E-state index is 12.6. The lowest BCUT2D eigenvalue weighted by Crippen LogP contribution is -2.37. The van der Waals surface area contributed by atoms with Gasteiger partial charge in [-0.25, -0.2) is 8.42 Å². The highest BCUT2D eigenvalue weighted by Gasteiger charge is 2.22. The fourth-order valence-corrected chi connectivity index (χ4v) is 4.08. The standard InChI is InChI=1S/C22H22ClN3O3S/c1-16-3-6-19(23)14-21(16)26(30(2,28)29)15-22(27)25-20-7-4-17(5-8-20)13-18-9-11-24-12-10-18/h3-12,14H,13,15H2,1-2H3,(H,25,27). The van der Waals surface area contributed by atoms with E-state index < -0.39 is 15.9 Å². The number of nitrogens with one attached hydrogen (secondary N) is 1. The van der Waals surface area contributed by atoms with Gasteiger partial charge >= 0.3 is 0 Å². The van der Waals surface area contributed by atoms with E-state index in [1.807, 2.05) is 24.3 Å². The highest BCUT2D eigenvalue weighted by atomic mass is 35.5. The lowest BCUT2D eigenvalue weighted by Gasteiger charge is -2.23. The molecule has 1 amide bonds. The van der Waals surface area contributed by atoms with Gasteiger partial charge in [-0.15, -0.1) is 0 Å². The van der Waals surface area contributed by atoms with Crippen LogP contribution >= 0.6 is 11.6 Å². The molecule has 0 aliphatic heterocycles. The molecule has 0 aliphatic rings. The molecule has 3 rings (SSSR count). The molecule has 0 atom stereocenters. The zero-order chi connectivity index (χ0) is 21.7. The number of halogens is 1. The number of aryl methyl sites for hydroxylation is 1. The highest BCUT2D eigenvalue weighted by molar-refractivity contribution is 7.92. The van der Waals surface area contributed by atoms with E-state index in [1.165, 1.54) is 0 Å². The molecule has 8 heteroatoms. The average molecular weight is 444 g/mol. The van der Waals surface area contributed by atoms with Crippen LogP contribution in [-0.4, -0.2) is 32.1 Å². The predicted molar refractivity (Wildman–Crippen MR) is 120 cm³/mol.